The Morgan fingerprint density at radius 2 is 2.21 bits per heavy atom. The van der Waals surface area contributed by atoms with Gasteiger partial charge in [-0.15, -0.1) is 22.7 Å². The Labute approximate surface area is 94.8 Å². The van der Waals surface area contributed by atoms with Gasteiger partial charge in [0.1, 0.15) is 15.4 Å². The molecule has 1 N–H and O–H groups in total. The largest absolute Gasteiger partial charge is 0.380 e. The molecule has 0 aliphatic carbocycles. The molecule has 2 nitrogen and oxygen atoms in total. The first kappa shape index (κ1) is 10.1. The molecular weight excluding hydrogens is 238 g/mol. The van der Waals surface area contributed by atoms with E-state index in [0.29, 0.717) is 9.34 Å². The molecule has 0 spiro atoms. The summed E-state index contributed by atoms with van der Waals surface area (Å²) in [5, 5.41) is 10.6. The third kappa shape index (κ3) is 1.98. The number of thiazole rings is 1. The topological polar surface area (TPSA) is 33.1 Å². The summed E-state index contributed by atoms with van der Waals surface area (Å²) in [7, 11) is 0. The van der Waals surface area contributed by atoms with E-state index in [1.54, 1.807) is 17.5 Å². The molecule has 0 saturated heterocycles. The zero-order valence-corrected chi connectivity index (χ0v) is 9.79. The van der Waals surface area contributed by atoms with Gasteiger partial charge < -0.3 is 5.11 Å². The van der Waals surface area contributed by atoms with Crippen molar-refractivity contribution in [1.82, 2.24) is 4.98 Å². The van der Waals surface area contributed by atoms with Crippen molar-refractivity contribution in [1.29, 1.82) is 0 Å². The number of rotatable bonds is 2. The molecule has 0 radical (unpaired) electrons. The van der Waals surface area contributed by atoms with Crippen LogP contribution < -0.4 is 0 Å². The van der Waals surface area contributed by atoms with E-state index in [1.165, 1.54) is 16.2 Å². The molecule has 0 aromatic carbocycles. The second-order valence-corrected chi connectivity index (χ2v) is 5.87. The van der Waals surface area contributed by atoms with Gasteiger partial charge in [-0.1, -0.05) is 11.6 Å². The zero-order chi connectivity index (χ0) is 10.1. The predicted octanol–water partition coefficient (Wildman–Crippen LogP) is 3.25. The van der Waals surface area contributed by atoms with Crippen LogP contribution in [0.5, 0.6) is 0 Å². The van der Waals surface area contributed by atoms with E-state index in [0.717, 1.165) is 4.88 Å². The maximum Gasteiger partial charge on any atom is 0.140 e. The van der Waals surface area contributed by atoms with Crippen molar-refractivity contribution in [2.24, 2.45) is 0 Å². The number of nitrogens with zero attached hydrogens (tertiary/aromatic N) is 1. The summed E-state index contributed by atoms with van der Waals surface area (Å²) in [4.78, 5) is 6.14. The van der Waals surface area contributed by atoms with Crippen LogP contribution in [-0.4, -0.2) is 10.1 Å². The lowest BCUT2D eigenvalue weighted by Gasteiger charge is -2.02. The summed E-state index contributed by atoms with van der Waals surface area (Å²) in [6, 6.07) is 3.90. The van der Waals surface area contributed by atoms with Crippen molar-refractivity contribution in [2.45, 2.75) is 13.0 Å². The highest BCUT2D eigenvalue weighted by molar-refractivity contribution is 7.16. The summed E-state index contributed by atoms with van der Waals surface area (Å²) < 4.78 is 0.604. The van der Waals surface area contributed by atoms with Gasteiger partial charge in [0.05, 0.1) is 6.20 Å². The van der Waals surface area contributed by atoms with Gasteiger partial charge in [-0.05, 0) is 19.1 Å². The van der Waals surface area contributed by atoms with Gasteiger partial charge in [-0.2, -0.15) is 0 Å². The number of aryl methyl sites for hydroxylation is 1. The lowest BCUT2D eigenvalue weighted by Crippen LogP contribution is -1.94. The maximum absolute atomic E-state index is 9.92. The fourth-order valence-corrected chi connectivity index (χ4v) is 2.99. The van der Waals surface area contributed by atoms with Gasteiger partial charge in [0.2, 0.25) is 0 Å². The summed E-state index contributed by atoms with van der Waals surface area (Å²) in [6.45, 7) is 2.01. The van der Waals surface area contributed by atoms with Gasteiger partial charge in [0, 0.05) is 9.75 Å². The first-order chi connectivity index (χ1) is 6.66. The van der Waals surface area contributed by atoms with E-state index in [-0.39, 0.29) is 0 Å². The minimum absolute atomic E-state index is 0.604. The summed E-state index contributed by atoms with van der Waals surface area (Å²) in [6.07, 6.45) is 0.928. The standard InChI is InChI=1S/C9H8ClNOS2/c1-5-2-3-6(13-5)8(12)9-11-4-7(10)14-9/h2-4,8,12H,1H3. The fourth-order valence-electron chi connectivity index (χ4n) is 1.12. The van der Waals surface area contributed by atoms with Crippen molar-refractivity contribution >= 4 is 34.3 Å². The Balaban J connectivity index is 2.28. The monoisotopic (exact) mass is 245 g/mol. The SMILES string of the molecule is Cc1ccc(C(O)c2ncc(Cl)s2)s1. The van der Waals surface area contributed by atoms with Crippen LogP contribution in [0.25, 0.3) is 0 Å². The van der Waals surface area contributed by atoms with Crippen molar-refractivity contribution in [3.63, 3.8) is 0 Å². The van der Waals surface area contributed by atoms with Crippen LogP contribution in [0, 0.1) is 6.92 Å². The number of aromatic nitrogens is 1. The molecule has 0 amide bonds. The van der Waals surface area contributed by atoms with Crippen LogP contribution >= 0.6 is 34.3 Å². The number of aliphatic hydroxyl groups is 1. The molecule has 0 aliphatic heterocycles. The molecule has 2 rings (SSSR count). The molecule has 74 valence electrons. The highest BCUT2D eigenvalue weighted by atomic mass is 35.5. The van der Waals surface area contributed by atoms with E-state index in [1.807, 2.05) is 19.1 Å². The molecule has 1 unspecified atom stereocenters. The van der Waals surface area contributed by atoms with Gasteiger partial charge in [-0.3, -0.25) is 0 Å². The fraction of sp³-hybridized carbons (Fsp3) is 0.222. The third-order valence-electron chi connectivity index (χ3n) is 1.76. The molecule has 1 atom stereocenters. The first-order valence-electron chi connectivity index (χ1n) is 4.02. The van der Waals surface area contributed by atoms with Crippen LogP contribution in [0.4, 0.5) is 0 Å². The van der Waals surface area contributed by atoms with E-state index in [4.69, 9.17) is 11.6 Å². The first-order valence-corrected chi connectivity index (χ1v) is 6.03. The summed E-state index contributed by atoms with van der Waals surface area (Å²) in [5.41, 5.74) is 0. The van der Waals surface area contributed by atoms with Gasteiger partial charge in [0.15, 0.2) is 0 Å². The van der Waals surface area contributed by atoms with Crippen molar-refractivity contribution in [3.8, 4) is 0 Å². The van der Waals surface area contributed by atoms with Crippen molar-refractivity contribution < 1.29 is 5.11 Å². The molecular formula is C9H8ClNOS2. The molecule has 5 heteroatoms. The van der Waals surface area contributed by atoms with Crippen molar-refractivity contribution in [3.05, 3.63) is 37.4 Å². The molecule has 14 heavy (non-hydrogen) atoms. The minimum Gasteiger partial charge on any atom is -0.380 e. The normalized spacial score (nSPS) is 13.1. The molecule has 0 aliphatic rings. The second-order valence-electron chi connectivity index (χ2n) is 2.85. The predicted molar refractivity (Wildman–Crippen MR) is 60.2 cm³/mol. The molecule has 0 fully saturated rings. The Morgan fingerprint density at radius 3 is 2.71 bits per heavy atom. The third-order valence-corrected chi connectivity index (χ3v) is 3.98. The Kier molecular flexibility index (Phi) is 2.88. The van der Waals surface area contributed by atoms with Crippen LogP contribution in [0.2, 0.25) is 4.34 Å². The maximum atomic E-state index is 9.92. The summed E-state index contributed by atoms with van der Waals surface area (Å²) in [5.74, 6) is 0. The van der Waals surface area contributed by atoms with Gasteiger partial charge in [0.25, 0.3) is 0 Å². The van der Waals surface area contributed by atoms with Crippen molar-refractivity contribution in [2.75, 3.05) is 0 Å². The van der Waals surface area contributed by atoms with Crippen LogP contribution in [-0.2, 0) is 0 Å². The van der Waals surface area contributed by atoms with Gasteiger partial charge in [-0.25, -0.2) is 4.98 Å². The molecule has 0 saturated carbocycles. The summed E-state index contributed by atoms with van der Waals surface area (Å²) >= 11 is 8.63. The Hall–Kier alpha value is -0.420. The van der Waals surface area contributed by atoms with Crippen LogP contribution in [0.1, 0.15) is 20.9 Å². The zero-order valence-electron chi connectivity index (χ0n) is 7.40. The van der Waals surface area contributed by atoms with E-state index >= 15 is 0 Å². The Morgan fingerprint density at radius 1 is 1.43 bits per heavy atom. The van der Waals surface area contributed by atoms with E-state index < -0.39 is 6.10 Å². The number of hydrogen-bond donors (Lipinski definition) is 1. The van der Waals surface area contributed by atoms with E-state index in [9.17, 15) is 5.11 Å². The average Bonchev–Trinajstić information content (AvgIpc) is 2.73. The minimum atomic E-state index is -0.633. The van der Waals surface area contributed by atoms with E-state index in [2.05, 4.69) is 4.98 Å². The van der Waals surface area contributed by atoms with Crippen LogP contribution in [0.3, 0.4) is 0 Å². The second kappa shape index (κ2) is 3.98. The van der Waals surface area contributed by atoms with Gasteiger partial charge >= 0.3 is 0 Å². The smallest absolute Gasteiger partial charge is 0.140 e. The number of thiophene rings is 1. The number of halogens is 1. The van der Waals surface area contributed by atoms with Crippen LogP contribution in [0.15, 0.2) is 18.3 Å². The highest BCUT2D eigenvalue weighted by Crippen LogP contribution is 2.31. The Bertz CT molecular complexity index is 397. The quantitative estimate of drug-likeness (QED) is 0.881. The number of aliphatic hydroxyl groups excluding tert-OH is 1. The molecule has 2 aromatic rings. The number of hydrogen-bond acceptors (Lipinski definition) is 4. The lowest BCUT2D eigenvalue weighted by atomic mass is 10.3. The molecule has 2 aromatic heterocycles. The molecule has 0 bridgehead atoms. The highest BCUT2D eigenvalue weighted by Gasteiger charge is 2.15. The lowest BCUT2D eigenvalue weighted by molar-refractivity contribution is 0.223. The molecule has 2 heterocycles. The average molecular weight is 246 g/mol.